The molecule has 3 heterocycles. The molecule has 0 spiro atoms. The highest BCUT2D eigenvalue weighted by molar-refractivity contribution is 5.91. The highest BCUT2D eigenvalue weighted by Gasteiger charge is 2.27. The maximum absolute atomic E-state index is 6.03. The molecule has 3 aromatic heterocycles. The topological polar surface area (TPSA) is 77.8 Å². The number of hydrogen-bond donors (Lipinski definition) is 0. The summed E-state index contributed by atoms with van der Waals surface area (Å²) in [6.45, 7) is 13.5. The van der Waals surface area contributed by atoms with E-state index in [0.29, 0.717) is 11.8 Å². The molecule has 6 heteroatoms. The zero-order valence-electron chi connectivity index (χ0n) is 34.6. The first-order chi connectivity index (χ1) is 29.0. The molecule has 0 saturated heterocycles. The van der Waals surface area contributed by atoms with Crippen molar-refractivity contribution in [3.8, 4) is 67.7 Å². The minimum Gasteiger partial charge on any atom is -0.436 e. The van der Waals surface area contributed by atoms with Crippen molar-refractivity contribution >= 4 is 33.2 Å². The molecule has 0 saturated carbocycles. The lowest BCUT2D eigenvalue weighted by Gasteiger charge is -2.26. The molecule has 10 rings (SSSR count). The number of benzene rings is 7. The van der Waals surface area contributed by atoms with E-state index in [2.05, 4.69) is 161 Å². The number of aromatic nitrogens is 4. The summed E-state index contributed by atoms with van der Waals surface area (Å²) in [6, 6.07) is 54.3. The summed E-state index contributed by atoms with van der Waals surface area (Å²) < 4.78 is 12.1. The van der Waals surface area contributed by atoms with Crippen molar-refractivity contribution < 1.29 is 8.83 Å². The molecule has 0 aliphatic heterocycles. The van der Waals surface area contributed by atoms with Gasteiger partial charge in [-0.2, -0.15) is 0 Å². The number of rotatable bonds is 6. The van der Waals surface area contributed by atoms with Crippen molar-refractivity contribution in [3.05, 3.63) is 169 Å². The van der Waals surface area contributed by atoms with Crippen molar-refractivity contribution in [2.45, 2.75) is 52.4 Å². The van der Waals surface area contributed by atoms with Gasteiger partial charge in [-0.05, 0) is 92.7 Å². The van der Waals surface area contributed by atoms with Gasteiger partial charge in [0.1, 0.15) is 11.0 Å². The highest BCUT2D eigenvalue weighted by atomic mass is 16.4. The molecule has 0 N–H and O–H groups in total. The molecular formula is C54H44N4O2. The summed E-state index contributed by atoms with van der Waals surface area (Å²) in [4.78, 5) is 20.5. The van der Waals surface area contributed by atoms with Gasteiger partial charge in [0, 0.05) is 22.3 Å². The fourth-order valence-electron chi connectivity index (χ4n) is 7.99. The quantitative estimate of drug-likeness (QED) is 0.167. The number of fused-ring (bicyclic) bond motifs is 3. The lowest BCUT2D eigenvalue weighted by atomic mass is 9.80. The molecular weight excluding hydrogens is 737 g/mol. The van der Waals surface area contributed by atoms with Gasteiger partial charge in [-0.1, -0.05) is 151 Å². The number of para-hydroxylation sites is 4. The fourth-order valence-corrected chi connectivity index (χ4v) is 7.99. The summed E-state index contributed by atoms with van der Waals surface area (Å²) >= 11 is 0. The van der Waals surface area contributed by atoms with Gasteiger partial charge in [0.25, 0.3) is 0 Å². The van der Waals surface area contributed by atoms with E-state index in [0.717, 1.165) is 89.1 Å². The maximum Gasteiger partial charge on any atom is 0.227 e. The second-order valence-electron chi connectivity index (χ2n) is 17.6. The zero-order chi connectivity index (χ0) is 41.2. The number of hydrogen-bond acceptors (Lipinski definition) is 6. The van der Waals surface area contributed by atoms with Crippen molar-refractivity contribution in [1.29, 1.82) is 0 Å². The van der Waals surface area contributed by atoms with Crippen LogP contribution in [0.25, 0.3) is 101 Å². The molecule has 0 fully saturated rings. The minimum absolute atomic E-state index is 0.131. The number of oxazole rings is 2. The Morgan fingerprint density at radius 2 is 0.617 bits per heavy atom. The van der Waals surface area contributed by atoms with Crippen molar-refractivity contribution in [1.82, 2.24) is 19.9 Å². The normalized spacial score (nSPS) is 12.2. The van der Waals surface area contributed by atoms with Gasteiger partial charge in [-0.25, -0.2) is 19.9 Å². The summed E-state index contributed by atoms with van der Waals surface area (Å²) in [5.74, 6) is 1.24. The van der Waals surface area contributed by atoms with E-state index in [1.54, 1.807) is 0 Å². The van der Waals surface area contributed by atoms with Crippen LogP contribution in [0.2, 0.25) is 0 Å². The Kier molecular flexibility index (Phi) is 8.83. The first kappa shape index (κ1) is 37.1. The molecule has 0 atom stereocenters. The Balaban J connectivity index is 1.03. The molecule has 0 bridgehead atoms. The van der Waals surface area contributed by atoms with Gasteiger partial charge in [0.15, 0.2) is 11.2 Å². The fraction of sp³-hybridized carbons (Fsp3) is 0.148. The molecule has 7 aromatic carbocycles. The molecule has 10 aromatic rings. The average molecular weight is 781 g/mol. The van der Waals surface area contributed by atoms with Crippen LogP contribution in [0.3, 0.4) is 0 Å². The van der Waals surface area contributed by atoms with Crippen LogP contribution in [-0.2, 0) is 10.8 Å². The lowest BCUT2D eigenvalue weighted by molar-refractivity contribution is 0.583. The van der Waals surface area contributed by atoms with Gasteiger partial charge in [-0.3, -0.25) is 0 Å². The van der Waals surface area contributed by atoms with E-state index < -0.39 is 0 Å². The third-order valence-electron chi connectivity index (χ3n) is 11.3. The van der Waals surface area contributed by atoms with Crippen molar-refractivity contribution in [2.75, 3.05) is 0 Å². The van der Waals surface area contributed by atoms with Crippen LogP contribution in [0.4, 0.5) is 0 Å². The number of nitrogens with zero attached hydrogens (tertiary/aromatic N) is 4. The predicted octanol–water partition coefficient (Wildman–Crippen LogP) is 14.5. The van der Waals surface area contributed by atoms with Gasteiger partial charge in [-0.15, -0.1) is 0 Å². The van der Waals surface area contributed by atoms with Crippen LogP contribution in [0.5, 0.6) is 0 Å². The van der Waals surface area contributed by atoms with E-state index in [1.807, 2.05) is 48.5 Å². The molecule has 0 radical (unpaired) electrons. The van der Waals surface area contributed by atoms with Crippen LogP contribution >= 0.6 is 0 Å². The summed E-state index contributed by atoms with van der Waals surface area (Å²) in [6.07, 6.45) is 0. The van der Waals surface area contributed by atoms with E-state index in [1.165, 1.54) is 11.1 Å². The predicted molar refractivity (Wildman–Crippen MR) is 245 cm³/mol. The van der Waals surface area contributed by atoms with E-state index in [4.69, 9.17) is 18.8 Å². The third-order valence-corrected chi connectivity index (χ3v) is 11.3. The van der Waals surface area contributed by atoms with Crippen LogP contribution in [-0.4, -0.2) is 19.9 Å². The molecule has 6 nitrogen and oxygen atoms in total. The van der Waals surface area contributed by atoms with E-state index in [-0.39, 0.29) is 10.8 Å². The maximum atomic E-state index is 6.03. The van der Waals surface area contributed by atoms with Crippen LogP contribution in [0.15, 0.2) is 167 Å². The summed E-state index contributed by atoms with van der Waals surface area (Å²) in [7, 11) is 0. The standard InChI is InChI=1S/C54H44N4O2/c1-53(2,3)41-31-32-42(54(4,5)6)50-49(41)57-47(37-23-15-33(16-24-37)35-19-27-39(28-20-35)51-55-43-11-7-9-13-45(43)59-51)48(58-50)38-25-17-34(18-26-38)36-21-29-40(30-22-36)52-56-44-12-8-10-14-46(44)60-52/h7-32H,1-6H3. The Morgan fingerprint density at radius 3 is 0.933 bits per heavy atom. The Morgan fingerprint density at radius 1 is 0.317 bits per heavy atom. The van der Waals surface area contributed by atoms with Gasteiger partial charge in [0.05, 0.1) is 22.4 Å². The third kappa shape index (κ3) is 6.84. The Bertz CT molecular complexity index is 2900. The van der Waals surface area contributed by atoms with Crippen LogP contribution < -0.4 is 0 Å². The molecule has 0 aliphatic carbocycles. The largest absolute Gasteiger partial charge is 0.436 e. The molecule has 60 heavy (non-hydrogen) atoms. The second-order valence-corrected chi connectivity index (χ2v) is 17.6. The SMILES string of the molecule is CC(C)(C)c1ccc(C(C)(C)C)c2nc(-c3ccc(-c4ccc(-c5nc6ccccc6o5)cc4)cc3)c(-c3ccc(-c4ccc(-c5nc6ccccc6o5)cc4)cc3)nc12. The summed E-state index contributed by atoms with van der Waals surface area (Å²) in [5, 5.41) is 0. The molecule has 0 amide bonds. The van der Waals surface area contributed by atoms with E-state index >= 15 is 0 Å². The first-order valence-electron chi connectivity index (χ1n) is 20.5. The first-order valence-corrected chi connectivity index (χ1v) is 20.5. The van der Waals surface area contributed by atoms with Crippen molar-refractivity contribution in [3.63, 3.8) is 0 Å². The zero-order valence-corrected chi connectivity index (χ0v) is 34.6. The Labute approximate surface area is 349 Å². The molecule has 0 unspecified atom stereocenters. The second kappa shape index (κ2) is 14.3. The average Bonchev–Trinajstić information content (AvgIpc) is 3.90. The van der Waals surface area contributed by atoms with E-state index in [9.17, 15) is 0 Å². The lowest BCUT2D eigenvalue weighted by Crippen LogP contribution is -2.17. The molecule has 0 aliphatic rings. The van der Waals surface area contributed by atoms with Crippen LogP contribution in [0, 0.1) is 0 Å². The highest BCUT2D eigenvalue weighted by Crippen LogP contribution is 2.40. The van der Waals surface area contributed by atoms with Crippen molar-refractivity contribution in [2.24, 2.45) is 0 Å². The van der Waals surface area contributed by atoms with Gasteiger partial charge < -0.3 is 8.83 Å². The van der Waals surface area contributed by atoms with Gasteiger partial charge in [0.2, 0.25) is 11.8 Å². The molecule has 292 valence electrons. The monoisotopic (exact) mass is 780 g/mol. The smallest absolute Gasteiger partial charge is 0.227 e. The summed E-state index contributed by atoms with van der Waals surface area (Å²) in [5.41, 5.74) is 17.3. The van der Waals surface area contributed by atoms with Gasteiger partial charge >= 0.3 is 0 Å². The Hall–Kier alpha value is -7.18. The minimum atomic E-state index is -0.131. The van der Waals surface area contributed by atoms with Crippen LogP contribution in [0.1, 0.15) is 52.7 Å².